The van der Waals surface area contributed by atoms with Crippen LogP contribution in [0.3, 0.4) is 0 Å². The highest BCUT2D eigenvalue weighted by atomic mass is 16.7. The average Bonchev–Trinajstić information content (AvgIpc) is 3.00. The van der Waals surface area contributed by atoms with Crippen LogP contribution in [0.25, 0.3) is 0 Å². The van der Waals surface area contributed by atoms with Crippen LogP contribution >= 0.6 is 0 Å². The number of phenolic OH excluding ortho intramolecular Hbond substituents is 5. The van der Waals surface area contributed by atoms with E-state index in [2.05, 4.69) is 0 Å². The van der Waals surface area contributed by atoms with Crippen LogP contribution in [-0.4, -0.2) is 119 Å². The topological polar surface area (TPSA) is 314 Å². The predicted octanol–water partition coefficient (Wildman–Crippen LogP) is -1.95. The van der Waals surface area contributed by atoms with Crippen LogP contribution in [0.15, 0.2) is 18.2 Å². The molecule has 0 radical (unpaired) electrons. The number of rotatable bonds is 5. The van der Waals surface area contributed by atoms with Gasteiger partial charge in [0, 0.05) is 11.5 Å². The number of aromatic hydroxyl groups is 5. The lowest BCUT2D eigenvalue weighted by atomic mass is 9.76. The zero-order valence-electron chi connectivity index (χ0n) is 22.9. The first-order chi connectivity index (χ1) is 21.6. The Balaban J connectivity index is 1.64. The number of aliphatic carboxylic acids is 1. The number of carboxylic acids is 1. The second-order valence-electron chi connectivity index (χ2n) is 10.4. The summed E-state index contributed by atoms with van der Waals surface area (Å²) < 4.78 is 26.2. The molecule has 46 heavy (non-hydrogen) atoms. The summed E-state index contributed by atoms with van der Waals surface area (Å²) in [6.07, 6.45) is -13.7. The first kappa shape index (κ1) is 32.0. The Labute approximate surface area is 254 Å². The number of carbonyl (C=O) groups excluding carboxylic acids is 4. The molecule has 3 heterocycles. The number of fused-ring (bicyclic) bond motifs is 2. The zero-order chi connectivity index (χ0) is 33.8. The maximum atomic E-state index is 13.6. The van der Waals surface area contributed by atoms with Crippen molar-refractivity contribution in [2.75, 3.05) is 6.61 Å². The minimum Gasteiger partial charge on any atom is -0.504 e. The molecule has 0 amide bonds. The number of hydrogen-bond acceptors (Lipinski definition) is 18. The van der Waals surface area contributed by atoms with Crippen LogP contribution in [0.1, 0.15) is 38.6 Å². The van der Waals surface area contributed by atoms with E-state index in [0.717, 1.165) is 0 Å². The highest BCUT2D eigenvalue weighted by Crippen LogP contribution is 2.51. The van der Waals surface area contributed by atoms with E-state index in [9.17, 15) is 69.9 Å². The molecule has 8 atom stereocenters. The van der Waals surface area contributed by atoms with Crippen molar-refractivity contribution in [2.45, 2.75) is 49.1 Å². The molecule has 1 fully saturated rings. The third kappa shape index (κ3) is 5.40. The number of ether oxygens (including phenoxy) is 5. The van der Waals surface area contributed by atoms with Gasteiger partial charge in [-0.3, -0.25) is 9.59 Å². The summed E-state index contributed by atoms with van der Waals surface area (Å²) >= 11 is 0. The van der Waals surface area contributed by atoms with Crippen molar-refractivity contribution in [1.29, 1.82) is 0 Å². The van der Waals surface area contributed by atoms with Crippen LogP contribution in [0.2, 0.25) is 0 Å². The Bertz CT molecular complexity index is 1610. The number of aliphatic hydroxyl groups excluding tert-OH is 3. The van der Waals surface area contributed by atoms with E-state index in [1.165, 1.54) is 0 Å². The number of hydrogen-bond donors (Lipinski definition) is 9. The number of phenols is 5. The number of carboxylic acid groups (broad SMARTS) is 1. The Morgan fingerprint density at radius 3 is 2.09 bits per heavy atom. The fourth-order valence-corrected chi connectivity index (χ4v) is 5.40. The maximum absolute atomic E-state index is 13.6. The van der Waals surface area contributed by atoms with Gasteiger partial charge in [-0.2, -0.15) is 0 Å². The summed E-state index contributed by atoms with van der Waals surface area (Å²) in [5.41, 5.74) is -2.06. The number of carbonyl (C=O) groups is 5. The lowest BCUT2D eigenvalue weighted by molar-refractivity contribution is -0.288. The van der Waals surface area contributed by atoms with E-state index >= 15 is 0 Å². The Hall–Kier alpha value is -5.37. The molecule has 0 spiro atoms. The monoisotopic (exact) mass is 652 g/mol. The second kappa shape index (κ2) is 11.9. The predicted molar refractivity (Wildman–Crippen MR) is 138 cm³/mol. The van der Waals surface area contributed by atoms with Gasteiger partial charge in [0.15, 0.2) is 47.1 Å². The molecule has 0 saturated carbocycles. The van der Waals surface area contributed by atoms with Gasteiger partial charge in [0.1, 0.15) is 12.2 Å². The largest absolute Gasteiger partial charge is 0.504 e. The fourth-order valence-electron chi connectivity index (χ4n) is 5.40. The quantitative estimate of drug-likeness (QED) is 0.0733. The molecule has 3 aliphatic rings. The standard InChI is InChI=1S/C27H24O19/c28-5-12-20-19(37)22(27(42-12)46-23(38)6-1-9(29)16(34)10(30)2-6)45-24(39)7-3-11(31)17(35)21-15(7)14(18(36)26(41)44-21)8(4-13(32)33)25(40)43-20/h1-3,8,12,14,18-20,22,27-31,34-37H,4-5H2,(H,32,33). The lowest BCUT2D eigenvalue weighted by Crippen LogP contribution is -2.62. The van der Waals surface area contributed by atoms with Gasteiger partial charge in [0.05, 0.1) is 30.1 Å². The molecule has 2 bridgehead atoms. The number of benzene rings is 2. The van der Waals surface area contributed by atoms with E-state index in [4.69, 9.17) is 23.7 Å². The van der Waals surface area contributed by atoms with Crippen molar-refractivity contribution in [1.82, 2.24) is 0 Å². The molecule has 3 aliphatic heterocycles. The average molecular weight is 652 g/mol. The molecule has 0 aliphatic carbocycles. The Kier molecular flexibility index (Phi) is 8.26. The van der Waals surface area contributed by atoms with Gasteiger partial charge in [-0.05, 0) is 18.2 Å². The van der Waals surface area contributed by atoms with Crippen molar-refractivity contribution in [3.63, 3.8) is 0 Å². The normalized spacial score (nSPS) is 28.9. The lowest BCUT2D eigenvalue weighted by Gasteiger charge is -2.42. The van der Waals surface area contributed by atoms with Crippen LogP contribution in [0.4, 0.5) is 0 Å². The molecule has 0 aromatic heterocycles. The third-order valence-electron chi connectivity index (χ3n) is 7.56. The summed E-state index contributed by atoms with van der Waals surface area (Å²) in [5, 5.41) is 91.4. The number of esters is 4. The van der Waals surface area contributed by atoms with Gasteiger partial charge >= 0.3 is 29.8 Å². The van der Waals surface area contributed by atoms with E-state index < -0.39 is 143 Å². The fraction of sp³-hybridized carbons (Fsp3) is 0.370. The SMILES string of the molecule is O=C(O)CC1C(=O)OC2C(CO)OC(OC(=O)c3cc(O)c(O)c(O)c3)C(OC(=O)c3cc(O)c(O)c4c3C1C(O)C(=O)O4)C2O. The van der Waals surface area contributed by atoms with Crippen LogP contribution in [0.5, 0.6) is 34.5 Å². The maximum Gasteiger partial charge on any atom is 0.341 e. The third-order valence-corrected chi connectivity index (χ3v) is 7.56. The van der Waals surface area contributed by atoms with Crippen molar-refractivity contribution in [3.05, 3.63) is 34.9 Å². The van der Waals surface area contributed by atoms with E-state index in [0.29, 0.717) is 18.2 Å². The Morgan fingerprint density at radius 1 is 0.848 bits per heavy atom. The first-order valence-electron chi connectivity index (χ1n) is 13.2. The van der Waals surface area contributed by atoms with Gasteiger partial charge in [-0.25, -0.2) is 14.4 Å². The Morgan fingerprint density at radius 2 is 1.48 bits per heavy atom. The molecule has 5 rings (SSSR count). The van der Waals surface area contributed by atoms with Gasteiger partial charge < -0.3 is 69.6 Å². The number of aliphatic hydroxyl groups is 3. The second-order valence-corrected chi connectivity index (χ2v) is 10.4. The molecule has 246 valence electrons. The van der Waals surface area contributed by atoms with Crippen LogP contribution in [0, 0.1) is 5.92 Å². The van der Waals surface area contributed by atoms with E-state index in [1.807, 2.05) is 0 Å². The van der Waals surface area contributed by atoms with Gasteiger partial charge in [-0.1, -0.05) is 0 Å². The minimum absolute atomic E-state index is 0.573. The minimum atomic E-state index is -2.35. The van der Waals surface area contributed by atoms with Crippen LogP contribution < -0.4 is 4.74 Å². The summed E-state index contributed by atoms with van der Waals surface area (Å²) in [4.78, 5) is 64.4. The highest BCUT2D eigenvalue weighted by Gasteiger charge is 2.55. The molecular formula is C27H24O19. The molecule has 8 unspecified atom stereocenters. The van der Waals surface area contributed by atoms with Gasteiger partial charge in [0.2, 0.25) is 12.0 Å². The summed E-state index contributed by atoms with van der Waals surface area (Å²) in [7, 11) is 0. The van der Waals surface area contributed by atoms with Crippen molar-refractivity contribution >= 4 is 29.8 Å². The summed E-state index contributed by atoms with van der Waals surface area (Å²) in [5.74, 6) is -17.6. The van der Waals surface area contributed by atoms with Crippen molar-refractivity contribution in [3.8, 4) is 34.5 Å². The van der Waals surface area contributed by atoms with E-state index in [-0.39, 0.29) is 0 Å². The molecule has 19 nitrogen and oxygen atoms in total. The summed E-state index contributed by atoms with van der Waals surface area (Å²) in [6, 6.07) is 1.92. The summed E-state index contributed by atoms with van der Waals surface area (Å²) in [6.45, 7) is -1.06. The van der Waals surface area contributed by atoms with Gasteiger partial charge in [0.25, 0.3) is 0 Å². The van der Waals surface area contributed by atoms with Crippen LogP contribution in [-0.2, 0) is 33.3 Å². The van der Waals surface area contributed by atoms with E-state index in [1.54, 1.807) is 0 Å². The van der Waals surface area contributed by atoms with Gasteiger partial charge in [-0.15, -0.1) is 0 Å². The molecule has 2 aromatic carbocycles. The molecule has 2 aromatic rings. The molecule has 9 N–H and O–H groups in total. The van der Waals surface area contributed by atoms with Crippen molar-refractivity contribution in [2.24, 2.45) is 5.92 Å². The molecule has 19 heteroatoms. The molecular weight excluding hydrogens is 628 g/mol. The molecule has 1 saturated heterocycles. The highest BCUT2D eigenvalue weighted by molar-refractivity contribution is 5.97. The smallest absolute Gasteiger partial charge is 0.341 e. The first-order valence-corrected chi connectivity index (χ1v) is 13.2. The zero-order valence-corrected chi connectivity index (χ0v) is 22.9. The van der Waals surface area contributed by atoms with Crippen molar-refractivity contribution < 1.29 is 93.6 Å².